The average Bonchev–Trinajstić information content (AvgIpc) is 2.15. The Kier molecular flexibility index (Phi) is 2.93. The van der Waals surface area contributed by atoms with Gasteiger partial charge >= 0.3 is 0 Å². The molecule has 1 N–H and O–H groups in total. The third-order valence-electron chi connectivity index (χ3n) is 2.12. The number of aliphatic hydroxyl groups excluding tert-OH is 1. The first-order chi connectivity index (χ1) is 6.49. The van der Waals surface area contributed by atoms with E-state index in [-0.39, 0.29) is 5.41 Å². The minimum absolute atomic E-state index is 0.0426. The summed E-state index contributed by atoms with van der Waals surface area (Å²) in [4.78, 5) is 0. The second kappa shape index (κ2) is 3.81. The molecule has 1 aromatic rings. The fraction of sp³-hybridized carbons (Fsp3) is 0.333. The van der Waals surface area contributed by atoms with E-state index in [4.69, 9.17) is 10.4 Å². The number of nitriles is 1. The standard InChI is InChI=1S/C12H14NO/c1-12(2,3)11-5-4-9(8-14)6-10(11)7-13/h4-6,8,14H,1-3H3. The Bertz CT molecular complexity index is 369. The van der Waals surface area contributed by atoms with E-state index < -0.39 is 0 Å². The quantitative estimate of drug-likeness (QED) is 0.736. The van der Waals surface area contributed by atoms with Gasteiger partial charge in [-0.25, -0.2) is 0 Å². The molecular weight excluding hydrogens is 174 g/mol. The molecule has 0 unspecified atom stereocenters. The highest BCUT2D eigenvalue weighted by atomic mass is 16.3. The van der Waals surface area contributed by atoms with Gasteiger partial charge in [0.25, 0.3) is 0 Å². The van der Waals surface area contributed by atoms with Crippen LogP contribution in [-0.4, -0.2) is 5.11 Å². The van der Waals surface area contributed by atoms with Gasteiger partial charge in [0.05, 0.1) is 11.6 Å². The number of nitrogens with zero attached hydrogens (tertiary/aromatic N) is 1. The normalized spacial score (nSPS) is 11.1. The van der Waals surface area contributed by atoms with Gasteiger partial charge in [0, 0.05) is 0 Å². The molecule has 1 rings (SSSR count). The highest BCUT2D eigenvalue weighted by Crippen LogP contribution is 2.26. The van der Waals surface area contributed by atoms with Gasteiger partial charge in [0.2, 0.25) is 0 Å². The van der Waals surface area contributed by atoms with E-state index in [0.717, 1.165) is 12.2 Å². The van der Waals surface area contributed by atoms with Crippen LogP contribution < -0.4 is 0 Å². The minimum Gasteiger partial charge on any atom is -0.385 e. The molecule has 0 saturated carbocycles. The zero-order valence-electron chi connectivity index (χ0n) is 8.70. The van der Waals surface area contributed by atoms with E-state index in [1.54, 1.807) is 12.1 Å². The summed E-state index contributed by atoms with van der Waals surface area (Å²) in [5.41, 5.74) is 2.25. The molecular formula is C12H14NO. The van der Waals surface area contributed by atoms with Crippen molar-refractivity contribution in [1.82, 2.24) is 0 Å². The maximum atomic E-state index is 8.96. The van der Waals surface area contributed by atoms with Crippen LogP contribution in [0.15, 0.2) is 18.2 Å². The van der Waals surface area contributed by atoms with E-state index in [1.165, 1.54) is 0 Å². The molecule has 1 radical (unpaired) electrons. The van der Waals surface area contributed by atoms with Crippen molar-refractivity contribution in [3.8, 4) is 6.07 Å². The molecule has 0 bridgehead atoms. The second-order valence-corrected chi connectivity index (χ2v) is 4.30. The molecule has 0 aliphatic rings. The first-order valence-electron chi connectivity index (χ1n) is 4.51. The lowest BCUT2D eigenvalue weighted by Gasteiger charge is -2.20. The van der Waals surface area contributed by atoms with Crippen molar-refractivity contribution in [3.05, 3.63) is 41.5 Å². The lowest BCUT2D eigenvalue weighted by molar-refractivity contribution is 0.414. The van der Waals surface area contributed by atoms with E-state index in [2.05, 4.69) is 26.8 Å². The van der Waals surface area contributed by atoms with Gasteiger partial charge in [-0.2, -0.15) is 5.26 Å². The zero-order chi connectivity index (χ0) is 10.8. The molecule has 0 atom stereocenters. The molecule has 0 saturated heterocycles. The Balaban J connectivity index is 3.28. The highest BCUT2D eigenvalue weighted by Gasteiger charge is 2.17. The summed E-state index contributed by atoms with van der Waals surface area (Å²) in [5, 5.41) is 17.8. The number of aliphatic hydroxyl groups is 1. The van der Waals surface area contributed by atoms with Gasteiger partial charge in [-0.1, -0.05) is 32.9 Å². The van der Waals surface area contributed by atoms with E-state index in [1.807, 2.05) is 6.07 Å². The number of benzene rings is 1. The Morgan fingerprint density at radius 2 is 2.00 bits per heavy atom. The molecule has 1 aromatic carbocycles. The smallest absolute Gasteiger partial charge is 0.109 e. The Hall–Kier alpha value is -1.33. The lowest BCUT2D eigenvalue weighted by Crippen LogP contribution is -2.13. The summed E-state index contributed by atoms with van der Waals surface area (Å²) >= 11 is 0. The third kappa shape index (κ3) is 2.12. The summed E-state index contributed by atoms with van der Waals surface area (Å²) < 4.78 is 0. The van der Waals surface area contributed by atoms with Crippen LogP contribution in [0.2, 0.25) is 0 Å². The predicted molar refractivity (Wildman–Crippen MR) is 55.2 cm³/mol. The molecule has 14 heavy (non-hydrogen) atoms. The van der Waals surface area contributed by atoms with E-state index in [0.29, 0.717) is 11.1 Å². The van der Waals surface area contributed by atoms with Gasteiger partial charge in [-0.3, -0.25) is 0 Å². The van der Waals surface area contributed by atoms with Crippen LogP contribution >= 0.6 is 0 Å². The summed E-state index contributed by atoms with van der Waals surface area (Å²) in [6.07, 6.45) is 0. The minimum atomic E-state index is -0.0426. The molecule has 73 valence electrons. The second-order valence-electron chi connectivity index (χ2n) is 4.30. The van der Waals surface area contributed by atoms with Gasteiger partial charge in [0.15, 0.2) is 0 Å². The Morgan fingerprint density at radius 1 is 1.36 bits per heavy atom. The molecule has 2 heteroatoms. The number of hydrogen-bond acceptors (Lipinski definition) is 2. The van der Waals surface area contributed by atoms with Gasteiger partial charge < -0.3 is 5.11 Å². The van der Waals surface area contributed by atoms with Crippen LogP contribution in [0.25, 0.3) is 0 Å². The van der Waals surface area contributed by atoms with Crippen LogP contribution in [-0.2, 0) is 5.41 Å². The van der Waals surface area contributed by atoms with Crippen molar-refractivity contribution >= 4 is 0 Å². The van der Waals surface area contributed by atoms with E-state index >= 15 is 0 Å². The SMILES string of the molecule is CC(C)(C)c1ccc([CH]O)cc1C#N. The summed E-state index contributed by atoms with van der Waals surface area (Å²) in [6, 6.07) is 7.54. The molecule has 0 fully saturated rings. The predicted octanol–water partition coefficient (Wildman–Crippen LogP) is 2.74. The molecule has 0 aliphatic carbocycles. The molecule has 0 aliphatic heterocycles. The van der Waals surface area contributed by atoms with Crippen molar-refractivity contribution in [1.29, 1.82) is 5.26 Å². The number of hydrogen-bond donors (Lipinski definition) is 1. The largest absolute Gasteiger partial charge is 0.385 e. The van der Waals surface area contributed by atoms with Crippen molar-refractivity contribution < 1.29 is 5.11 Å². The lowest BCUT2D eigenvalue weighted by atomic mass is 9.83. The van der Waals surface area contributed by atoms with E-state index in [9.17, 15) is 0 Å². The van der Waals surface area contributed by atoms with Gasteiger partial charge in [-0.05, 0) is 22.6 Å². The summed E-state index contributed by atoms with van der Waals surface area (Å²) in [6.45, 7) is 7.19. The zero-order valence-corrected chi connectivity index (χ0v) is 8.70. The molecule has 2 nitrogen and oxygen atoms in total. The maximum absolute atomic E-state index is 8.96. The maximum Gasteiger partial charge on any atom is 0.109 e. The topological polar surface area (TPSA) is 44.0 Å². The average molecular weight is 188 g/mol. The Morgan fingerprint density at radius 3 is 2.43 bits per heavy atom. The van der Waals surface area contributed by atoms with Crippen molar-refractivity contribution in [2.45, 2.75) is 26.2 Å². The number of rotatable bonds is 1. The fourth-order valence-corrected chi connectivity index (χ4v) is 1.39. The van der Waals surface area contributed by atoms with Crippen molar-refractivity contribution in [2.75, 3.05) is 0 Å². The Labute approximate surface area is 84.8 Å². The summed E-state index contributed by atoms with van der Waals surface area (Å²) in [5.74, 6) is 0. The first kappa shape index (κ1) is 10.7. The van der Waals surface area contributed by atoms with Crippen LogP contribution in [0.4, 0.5) is 0 Å². The first-order valence-corrected chi connectivity index (χ1v) is 4.51. The molecule has 0 aromatic heterocycles. The highest BCUT2D eigenvalue weighted by molar-refractivity contribution is 5.45. The third-order valence-corrected chi connectivity index (χ3v) is 2.12. The van der Waals surface area contributed by atoms with Crippen LogP contribution in [0.3, 0.4) is 0 Å². The fourth-order valence-electron chi connectivity index (χ4n) is 1.39. The van der Waals surface area contributed by atoms with Gasteiger partial charge in [0.1, 0.15) is 6.61 Å². The molecule has 0 spiro atoms. The molecule has 0 heterocycles. The van der Waals surface area contributed by atoms with Crippen molar-refractivity contribution in [2.24, 2.45) is 0 Å². The summed E-state index contributed by atoms with van der Waals surface area (Å²) in [7, 11) is 0. The van der Waals surface area contributed by atoms with Crippen LogP contribution in [0.1, 0.15) is 37.5 Å². The van der Waals surface area contributed by atoms with Crippen LogP contribution in [0, 0.1) is 17.9 Å². The van der Waals surface area contributed by atoms with Crippen molar-refractivity contribution in [3.63, 3.8) is 0 Å². The monoisotopic (exact) mass is 188 g/mol. The van der Waals surface area contributed by atoms with Gasteiger partial charge in [-0.15, -0.1) is 0 Å². The van der Waals surface area contributed by atoms with Crippen LogP contribution in [0.5, 0.6) is 0 Å². The molecule has 0 amide bonds.